The molecule has 1 aliphatic rings. The van der Waals surface area contributed by atoms with Crippen LogP contribution in [0, 0.1) is 5.92 Å². The molecule has 1 aliphatic carbocycles. The first kappa shape index (κ1) is 8.58. The van der Waals surface area contributed by atoms with Crippen molar-refractivity contribution >= 4 is 0 Å². The van der Waals surface area contributed by atoms with Gasteiger partial charge in [-0.2, -0.15) is 0 Å². The Morgan fingerprint density at radius 3 is 2.55 bits per heavy atom. The van der Waals surface area contributed by atoms with Gasteiger partial charge in [0.2, 0.25) is 0 Å². The fraction of sp³-hybridized carbons (Fsp3) is 0.636. The van der Waals surface area contributed by atoms with Crippen LogP contribution in [-0.4, -0.2) is 0 Å². The van der Waals surface area contributed by atoms with E-state index >= 15 is 0 Å². The molecular formula is C11H18. The van der Waals surface area contributed by atoms with Crippen molar-refractivity contribution in [2.24, 2.45) is 5.92 Å². The average Bonchev–Trinajstić information content (AvgIpc) is 2.26. The molecule has 0 aromatic rings. The van der Waals surface area contributed by atoms with E-state index in [-0.39, 0.29) is 0 Å². The molecule has 0 aromatic heterocycles. The molecular weight excluding hydrogens is 132 g/mol. The SMILES string of the molecule is CCCCC1C=C(C)C=C1C. The van der Waals surface area contributed by atoms with Gasteiger partial charge >= 0.3 is 0 Å². The van der Waals surface area contributed by atoms with Crippen LogP contribution in [0.1, 0.15) is 40.0 Å². The summed E-state index contributed by atoms with van der Waals surface area (Å²) in [5, 5.41) is 0. The number of hydrogen-bond donors (Lipinski definition) is 0. The summed E-state index contributed by atoms with van der Waals surface area (Å²) in [4.78, 5) is 0. The smallest absolute Gasteiger partial charge is 0.00171 e. The molecule has 0 spiro atoms. The molecule has 0 saturated carbocycles. The molecule has 0 N–H and O–H groups in total. The Hall–Kier alpha value is -0.520. The zero-order valence-corrected chi connectivity index (χ0v) is 7.85. The molecule has 0 radical (unpaired) electrons. The van der Waals surface area contributed by atoms with E-state index in [1.165, 1.54) is 24.8 Å². The van der Waals surface area contributed by atoms with Gasteiger partial charge in [0, 0.05) is 0 Å². The van der Waals surface area contributed by atoms with Gasteiger partial charge in [-0.3, -0.25) is 0 Å². The van der Waals surface area contributed by atoms with Crippen LogP contribution in [0.15, 0.2) is 23.3 Å². The highest BCUT2D eigenvalue weighted by atomic mass is 14.2. The molecule has 11 heavy (non-hydrogen) atoms. The summed E-state index contributed by atoms with van der Waals surface area (Å²) in [5.41, 5.74) is 3.00. The zero-order valence-electron chi connectivity index (χ0n) is 7.85. The van der Waals surface area contributed by atoms with Gasteiger partial charge in [0.1, 0.15) is 0 Å². The van der Waals surface area contributed by atoms with Crippen LogP contribution in [0.5, 0.6) is 0 Å². The first-order valence-electron chi connectivity index (χ1n) is 4.60. The fourth-order valence-electron chi connectivity index (χ4n) is 1.70. The molecule has 1 rings (SSSR count). The summed E-state index contributed by atoms with van der Waals surface area (Å²) in [6.07, 6.45) is 8.72. The zero-order chi connectivity index (χ0) is 8.27. The molecule has 0 aromatic carbocycles. The van der Waals surface area contributed by atoms with E-state index < -0.39 is 0 Å². The molecule has 1 atom stereocenters. The Kier molecular flexibility index (Phi) is 2.92. The van der Waals surface area contributed by atoms with Gasteiger partial charge in [0.05, 0.1) is 0 Å². The Morgan fingerprint density at radius 2 is 2.09 bits per heavy atom. The standard InChI is InChI=1S/C11H18/c1-4-5-6-11-8-9(2)7-10(11)3/h7-8,11H,4-6H2,1-3H3. The minimum absolute atomic E-state index is 0.759. The number of allylic oxidation sites excluding steroid dienone is 4. The highest BCUT2D eigenvalue weighted by Gasteiger charge is 2.11. The second-order valence-corrected chi connectivity index (χ2v) is 3.55. The van der Waals surface area contributed by atoms with Gasteiger partial charge in [0.25, 0.3) is 0 Å². The lowest BCUT2D eigenvalue weighted by Gasteiger charge is -2.07. The second kappa shape index (κ2) is 3.75. The maximum absolute atomic E-state index is 2.39. The topological polar surface area (TPSA) is 0 Å². The van der Waals surface area contributed by atoms with Crippen molar-refractivity contribution in [1.29, 1.82) is 0 Å². The number of unbranched alkanes of at least 4 members (excludes halogenated alkanes) is 1. The number of rotatable bonds is 3. The van der Waals surface area contributed by atoms with E-state index in [0.29, 0.717) is 0 Å². The third-order valence-electron chi connectivity index (χ3n) is 2.37. The molecule has 62 valence electrons. The largest absolute Gasteiger partial charge is 0.0744 e. The Labute approximate surface area is 70.0 Å². The van der Waals surface area contributed by atoms with Crippen LogP contribution in [0.2, 0.25) is 0 Å². The van der Waals surface area contributed by atoms with Gasteiger partial charge in [-0.05, 0) is 26.2 Å². The number of hydrogen-bond acceptors (Lipinski definition) is 0. The van der Waals surface area contributed by atoms with Crippen molar-refractivity contribution in [3.63, 3.8) is 0 Å². The molecule has 0 saturated heterocycles. The van der Waals surface area contributed by atoms with Crippen molar-refractivity contribution in [3.05, 3.63) is 23.3 Å². The Bertz CT molecular complexity index is 184. The maximum Gasteiger partial charge on any atom is -0.00171 e. The van der Waals surface area contributed by atoms with Crippen LogP contribution in [0.25, 0.3) is 0 Å². The first-order valence-corrected chi connectivity index (χ1v) is 4.60. The average molecular weight is 150 g/mol. The third kappa shape index (κ3) is 2.21. The Balaban J connectivity index is 2.42. The first-order chi connectivity index (χ1) is 5.24. The van der Waals surface area contributed by atoms with E-state index in [2.05, 4.69) is 32.9 Å². The summed E-state index contributed by atoms with van der Waals surface area (Å²) in [5.74, 6) is 0.759. The van der Waals surface area contributed by atoms with E-state index in [9.17, 15) is 0 Å². The van der Waals surface area contributed by atoms with Gasteiger partial charge in [-0.25, -0.2) is 0 Å². The van der Waals surface area contributed by atoms with Crippen LogP contribution in [0.3, 0.4) is 0 Å². The predicted molar refractivity (Wildman–Crippen MR) is 50.5 cm³/mol. The summed E-state index contributed by atoms with van der Waals surface area (Å²) in [6, 6.07) is 0. The third-order valence-corrected chi connectivity index (χ3v) is 2.37. The minimum Gasteiger partial charge on any atom is -0.0744 e. The van der Waals surface area contributed by atoms with Crippen molar-refractivity contribution in [2.45, 2.75) is 40.0 Å². The van der Waals surface area contributed by atoms with E-state index in [1.54, 1.807) is 5.57 Å². The van der Waals surface area contributed by atoms with Crippen LogP contribution in [-0.2, 0) is 0 Å². The molecule has 0 fully saturated rings. The molecule has 0 amide bonds. The fourth-order valence-corrected chi connectivity index (χ4v) is 1.70. The molecule has 0 heterocycles. The second-order valence-electron chi connectivity index (χ2n) is 3.55. The normalized spacial score (nSPS) is 23.4. The van der Waals surface area contributed by atoms with Crippen molar-refractivity contribution in [1.82, 2.24) is 0 Å². The van der Waals surface area contributed by atoms with Gasteiger partial charge in [-0.1, -0.05) is 43.1 Å². The van der Waals surface area contributed by atoms with Crippen molar-refractivity contribution in [2.75, 3.05) is 0 Å². The maximum atomic E-state index is 2.39. The molecule has 0 nitrogen and oxygen atoms in total. The van der Waals surface area contributed by atoms with E-state index in [0.717, 1.165) is 5.92 Å². The van der Waals surface area contributed by atoms with E-state index in [1.807, 2.05) is 0 Å². The molecule has 1 unspecified atom stereocenters. The highest BCUT2D eigenvalue weighted by molar-refractivity contribution is 5.32. The van der Waals surface area contributed by atoms with Crippen LogP contribution < -0.4 is 0 Å². The van der Waals surface area contributed by atoms with Gasteiger partial charge < -0.3 is 0 Å². The minimum atomic E-state index is 0.759. The quantitative estimate of drug-likeness (QED) is 0.575. The lowest BCUT2D eigenvalue weighted by atomic mass is 9.98. The van der Waals surface area contributed by atoms with Crippen molar-refractivity contribution in [3.8, 4) is 0 Å². The molecule has 0 heteroatoms. The summed E-state index contributed by atoms with van der Waals surface area (Å²) in [7, 11) is 0. The van der Waals surface area contributed by atoms with Crippen LogP contribution >= 0.6 is 0 Å². The molecule has 0 bridgehead atoms. The van der Waals surface area contributed by atoms with Gasteiger partial charge in [-0.15, -0.1) is 0 Å². The van der Waals surface area contributed by atoms with Gasteiger partial charge in [0.15, 0.2) is 0 Å². The summed E-state index contributed by atoms with van der Waals surface area (Å²) in [6.45, 7) is 6.69. The highest BCUT2D eigenvalue weighted by Crippen LogP contribution is 2.27. The van der Waals surface area contributed by atoms with E-state index in [4.69, 9.17) is 0 Å². The lowest BCUT2D eigenvalue weighted by molar-refractivity contribution is 0.623. The predicted octanol–water partition coefficient (Wildman–Crippen LogP) is 3.70. The summed E-state index contributed by atoms with van der Waals surface area (Å²) >= 11 is 0. The molecule has 0 aliphatic heterocycles. The summed E-state index contributed by atoms with van der Waals surface area (Å²) < 4.78 is 0. The van der Waals surface area contributed by atoms with Crippen LogP contribution in [0.4, 0.5) is 0 Å². The monoisotopic (exact) mass is 150 g/mol. The van der Waals surface area contributed by atoms with Crippen molar-refractivity contribution < 1.29 is 0 Å². The lowest BCUT2D eigenvalue weighted by Crippen LogP contribution is -1.93. The Morgan fingerprint density at radius 1 is 1.36 bits per heavy atom.